The summed E-state index contributed by atoms with van der Waals surface area (Å²) < 4.78 is 36.0. The van der Waals surface area contributed by atoms with Crippen molar-refractivity contribution >= 4 is 10.2 Å². The molecule has 1 aromatic heterocycles. The summed E-state index contributed by atoms with van der Waals surface area (Å²) >= 11 is 0. The van der Waals surface area contributed by atoms with Crippen molar-refractivity contribution in [3.8, 4) is 0 Å². The summed E-state index contributed by atoms with van der Waals surface area (Å²) in [5.41, 5.74) is 1.04. The van der Waals surface area contributed by atoms with Crippen LogP contribution in [0.3, 0.4) is 0 Å². The molecule has 1 aromatic rings. The molecule has 3 rings (SSSR count). The summed E-state index contributed by atoms with van der Waals surface area (Å²) in [6.45, 7) is 7.38. The Morgan fingerprint density at radius 3 is 2.46 bits per heavy atom. The van der Waals surface area contributed by atoms with Gasteiger partial charge < -0.3 is 9.30 Å². The van der Waals surface area contributed by atoms with E-state index in [9.17, 15) is 8.42 Å². The van der Waals surface area contributed by atoms with Crippen molar-refractivity contribution in [2.75, 3.05) is 52.5 Å². The summed E-state index contributed by atoms with van der Waals surface area (Å²) in [5.74, 6) is 0.997. The molecule has 0 spiro atoms. The van der Waals surface area contributed by atoms with Gasteiger partial charge in [-0.05, 0) is 19.9 Å². The van der Waals surface area contributed by atoms with Gasteiger partial charge in [0.2, 0.25) is 0 Å². The van der Waals surface area contributed by atoms with Gasteiger partial charge in [0.05, 0.1) is 18.9 Å². The van der Waals surface area contributed by atoms with E-state index in [0.29, 0.717) is 39.4 Å². The highest BCUT2D eigenvalue weighted by molar-refractivity contribution is 7.86. The third-order valence-electron chi connectivity index (χ3n) is 4.71. The number of nitrogens with zero attached hydrogens (tertiary/aromatic N) is 5. The predicted molar refractivity (Wildman–Crippen MR) is 90.7 cm³/mol. The first-order valence-electron chi connectivity index (χ1n) is 8.51. The number of rotatable bonds is 4. The number of aryl methyl sites for hydroxylation is 2. The lowest BCUT2D eigenvalue weighted by molar-refractivity contribution is 0.0702. The molecule has 0 aliphatic carbocycles. The van der Waals surface area contributed by atoms with Gasteiger partial charge in [-0.2, -0.15) is 17.0 Å². The first-order valence-corrected chi connectivity index (χ1v) is 9.90. The lowest BCUT2D eigenvalue weighted by Crippen LogP contribution is -2.49. The molecule has 8 nitrogen and oxygen atoms in total. The SMILES string of the molecule is Cc1nc(CN2CCCN(S(=O)(=O)N3CCOCC3)CC2)cn1C. The molecule has 0 bridgehead atoms. The average molecular weight is 357 g/mol. The summed E-state index contributed by atoms with van der Waals surface area (Å²) in [6.07, 6.45) is 2.89. The Morgan fingerprint density at radius 2 is 1.79 bits per heavy atom. The van der Waals surface area contributed by atoms with Crippen molar-refractivity contribution in [3.05, 3.63) is 17.7 Å². The molecule has 136 valence electrons. The van der Waals surface area contributed by atoms with Crippen LogP contribution in [0.15, 0.2) is 6.20 Å². The minimum Gasteiger partial charge on any atom is -0.379 e. The van der Waals surface area contributed by atoms with Crippen LogP contribution in [0.5, 0.6) is 0 Å². The molecule has 3 heterocycles. The van der Waals surface area contributed by atoms with Gasteiger partial charge in [-0.1, -0.05) is 0 Å². The molecule has 0 unspecified atom stereocenters. The minimum atomic E-state index is -3.37. The Morgan fingerprint density at radius 1 is 1.08 bits per heavy atom. The van der Waals surface area contributed by atoms with E-state index in [0.717, 1.165) is 37.6 Å². The van der Waals surface area contributed by atoms with Crippen molar-refractivity contribution < 1.29 is 13.2 Å². The maximum Gasteiger partial charge on any atom is 0.282 e. The highest BCUT2D eigenvalue weighted by Crippen LogP contribution is 2.15. The minimum absolute atomic E-state index is 0.454. The Hall–Kier alpha value is -1.00. The summed E-state index contributed by atoms with van der Waals surface area (Å²) in [4.78, 5) is 6.83. The highest BCUT2D eigenvalue weighted by atomic mass is 32.2. The van der Waals surface area contributed by atoms with E-state index in [-0.39, 0.29) is 0 Å². The van der Waals surface area contributed by atoms with Crippen LogP contribution in [-0.4, -0.2) is 84.0 Å². The van der Waals surface area contributed by atoms with E-state index < -0.39 is 10.2 Å². The van der Waals surface area contributed by atoms with Gasteiger partial charge in [0.1, 0.15) is 5.82 Å². The summed E-state index contributed by atoms with van der Waals surface area (Å²) in [7, 11) is -1.38. The molecule has 2 aliphatic heterocycles. The molecule has 0 amide bonds. The molecule has 0 aromatic carbocycles. The van der Waals surface area contributed by atoms with Crippen LogP contribution in [0, 0.1) is 6.92 Å². The topological polar surface area (TPSA) is 70.9 Å². The van der Waals surface area contributed by atoms with Crippen LogP contribution in [0.1, 0.15) is 17.9 Å². The molecule has 0 saturated carbocycles. The second kappa shape index (κ2) is 7.49. The summed E-state index contributed by atoms with van der Waals surface area (Å²) in [5, 5.41) is 0. The van der Waals surface area contributed by atoms with E-state index in [1.54, 1.807) is 8.61 Å². The van der Waals surface area contributed by atoms with E-state index in [4.69, 9.17) is 4.74 Å². The van der Waals surface area contributed by atoms with Crippen molar-refractivity contribution in [1.82, 2.24) is 23.1 Å². The number of hydrogen-bond donors (Lipinski definition) is 0. The van der Waals surface area contributed by atoms with E-state index in [2.05, 4.69) is 9.88 Å². The maximum absolute atomic E-state index is 12.8. The molecule has 0 atom stereocenters. The number of morpholine rings is 1. The molecule has 2 saturated heterocycles. The van der Waals surface area contributed by atoms with Gasteiger partial charge in [-0.3, -0.25) is 4.90 Å². The highest BCUT2D eigenvalue weighted by Gasteiger charge is 2.32. The Labute approximate surface area is 144 Å². The first kappa shape index (κ1) is 17.8. The largest absolute Gasteiger partial charge is 0.379 e. The normalized spacial score (nSPS) is 22.6. The molecule has 0 N–H and O–H groups in total. The first-order chi connectivity index (χ1) is 11.5. The van der Waals surface area contributed by atoms with Gasteiger partial charge >= 0.3 is 0 Å². The van der Waals surface area contributed by atoms with Crippen molar-refractivity contribution in [3.63, 3.8) is 0 Å². The third kappa shape index (κ3) is 3.97. The Balaban J connectivity index is 1.60. The lowest BCUT2D eigenvalue weighted by atomic mass is 10.3. The standard InChI is InChI=1S/C15H27N5O3S/c1-14-16-15(12-17(14)2)13-18-4-3-5-19(7-6-18)24(21,22)20-8-10-23-11-9-20/h12H,3-11,13H2,1-2H3. The van der Waals surface area contributed by atoms with Crippen LogP contribution in [0.25, 0.3) is 0 Å². The number of aromatic nitrogens is 2. The molecular formula is C15H27N5O3S. The van der Waals surface area contributed by atoms with Crippen molar-refractivity contribution in [1.29, 1.82) is 0 Å². The van der Waals surface area contributed by atoms with Crippen LogP contribution in [-0.2, 0) is 28.5 Å². The molecule has 2 fully saturated rings. The van der Waals surface area contributed by atoms with Gasteiger partial charge in [-0.25, -0.2) is 4.98 Å². The Bertz CT molecular complexity index is 635. The quantitative estimate of drug-likeness (QED) is 0.747. The Kier molecular flexibility index (Phi) is 5.56. The number of imidazole rings is 1. The smallest absolute Gasteiger partial charge is 0.282 e. The predicted octanol–water partition coefficient (Wildman–Crippen LogP) is -0.187. The van der Waals surface area contributed by atoms with Gasteiger partial charge in [-0.15, -0.1) is 0 Å². The monoisotopic (exact) mass is 357 g/mol. The molecular weight excluding hydrogens is 330 g/mol. The van der Waals surface area contributed by atoms with Crippen LogP contribution < -0.4 is 0 Å². The fraction of sp³-hybridized carbons (Fsp3) is 0.800. The molecule has 24 heavy (non-hydrogen) atoms. The average Bonchev–Trinajstić information content (AvgIpc) is 2.76. The van der Waals surface area contributed by atoms with E-state index in [1.807, 2.05) is 24.7 Å². The van der Waals surface area contributed by atoms with Crippen LogP contribution in [0.2, 0.25) is 0 Å². The molecule has 9 heteroatoms. The fourth-order valence-corrected chi connectivity index (χ4v) is 4.82. The van der Waals surface area contributed by atoms with Gasteiger partial charge in [0.25, 0.3) is 10.2 Å². The second-order valence-corrected chi connectivity index (χ2v) is 8.37. The zero-order valence-corrected chi connectivity index (χ0v) is 15.3. The number of ether oxygens (including phenoxy) is 1. The third-order valence-corrected chi connectivity index (χ3v) is 6.75. The fourth-order valence-electron chi connectivity index (χ4n) is 3.21. The van der Waals surface area contributed by atoms with Gasteiger partial charge in [0, 0.05) is 52.5 Å². The molecule has 2 aliphatic rings. The van der Waals surface area contributed by atoms with Gasteiger partial charge in [0.15, 0.2) is 0 Å². The number of hydrogen-bond acceptors (Lipinski definition) is 5. The summed E-state index contributed by atoms with van der Waals surface area (Å²) in [6, 6.07) is 0. The second-order valence-electron chi connectivity index (χ2n) is 6.44. The lowest BCUT2D eigenvalue weighted by Gasteiger charge is -2.31. The van der Waals surface area contributed by atoms with Crippen LogP contribution >= 0.6 is 0 Å². The maximum atomic E-state index is 12.8. The zero-order valence-electron chi connectivity index (χ0n) is 14.5. The van der Waals surface area contributed by atoms with E-state index >= 15 is 0 Å². The van der Waals surface area contributed by atoms with E-state index in [1.165, 1.54) is 0 Å². The van der Waals surface area contributed by atoms with Crippen molar-refractivity contribution in [2.24, 2.45) is 7.05 Å². The van der Waals surface area contributed by atoms with Crippen LogP contribution in [0.4, 0.5) is 0 Å². The zero-order chi connectivity index (χ0) is 17.2. The van der Waals surface area contributed by atoms with Crippen molar-refractivity contribution in [2.45, 2.75) is 19.9 Å². The molecule has 0 radical (unpaired) electrons.